The van der Waals surface area contributed by atoms with Crippen LogP contribution in [-0.4, -0.2) is 17.0 Å². The fourth-order valence-corrected chi connectivity index (χ4v) is 1.22. The summed E-state index contributed by atoms with van der Waals surface area (Å²) in [6, 6.07) is 8.95. The van der Waals surface area contributed by atoms with Gasteiger partial charge in [0.25, 0.3) is 0 Å². The van der Waals surface area contributed by atoms with E-state index in [0.717, 1.165) is 0 Å². The molecule has 0 saturated heterocycles. The van der Waals surface area contributed by atoms with Gasteiger partial charge in [-0.25, -0.2) is 0 Å². The molecule has 0 aromatic heterocycles. The van der Waals surface area contributed by atoms with E-state index in [0.29, 0.717) is 5.56 Å². The van der Waals surface area contributed by atoms with Crippen molar-refractivity contribution in [2.45, 2.75) is 13.0 Å². The van der Waals surface area contributed by atoms with Crippen molar-refractivity contribution in [2.75, 3.05) is 0 Å². The van der Waals surface area contributed by atoms with Gasteiger partial charge in [0, 0.05) is 11.5 Å². The van der Waals surface area contributed by atoms with Crippen LogP contribution in [0.25, 0.3) is 0 Å². The number of hydrogen-bond donors (Lipinski definition) is 1. The van der Waals surface area contributed by atoms with Crippen LogP contribution >= 0.6 is 0 Å². The van der Waals surface area contributed by atoms with Crippen molar-refractivity contribution in [3.63, 3.8) is 0 Å². The summed E-state index contributed by atoms with van der Waals surface area (Å²) in [5.74, 6) is -0.493. The predicted octanol–water partition coefficient (Wildman–Crippen LogP) is 2.05. The van der Waals surface area contributed by atoms with E-state index in [1.165, 1.54) is 6.08 Å². The Morgan fingerprint density at radius 2 is 2.00 bits per heavy atom. The molecule has 0 amide bonds. The molecule has 14 heavy (non-hydrogen) atoms. The smallest absolute Gasteiger partial charge is 0.168 e. The average molecular weight is 190 g/mol. The summed E-state index contributed by atoms with van der Waals surface area (Å²) < 4.78 is 0. The molecule has 0 saturated carbocycles. The number of carbonyl (C=O) groups excluding carboxylic acids is 1. The van der Waals surface area contributed by atoms with Crippen LogP contribution in [0, 0.1) is 5.92 Å². The Bertz CT molecular complexity index is 316. The highest BCUT2D eigenvalue weighted by molar-refractivity contribution is 5.98. The number of aliphatic hydroxyl groups excluding tert-OH is 1. The van der Waals surface area contributed by atoms with Gasteiger partial charge in [0.05, 0.1) is 6.10 Å². The highest BCUT2D eigenvalue weighted by Crippen LogP contribution is 2.12. The lowest BCUT2D eigenvalue weighted by molar-refractivity contribution is 0.0805. The highest BCUT2D eigenvalue weighted by Gasteiger charge is 2.20. The summed E-state index contributed by atoms with van der Waals surface area (Å²) in [5, 5.41) is 9.42. The van der Waals surface area contributed by atoms with Gasteiger partial charge in [-0.3, -0.25) is 4.79 Å². The van der Waals surface area contributed by atoms with Crippen molar-refractivity contribution >= 4 is 5.78 Å². The topological polar surface area (TPSA) is 37.3 Å². The van der Waals surface area contributed by atoms with Gasteiger partial charge < -0.3 is 5.11 Å². The first-order valence-electron chi connectivity index (χ1n) is 4.56. The molecule has 1 rings (SSSR count). The molecular weight excluding hydrogens is 176 g/mol. The summed E-state index contributed by atoms with van der Waals surface area (Å²) in [5.41, 5.74) is 0.626. The van der Waals surface area contributed by atoms with Gasteiger partial charge in [-0.05, 0) is 0 Å². The van der Waals surface area contributed by atoms with Crippen LogP contribution in [0.15, 0.2) is 43.0 Å². The Morgan fingerprint density at radius 3 is 2.50 bits per heavy atom. The first kappa shape index (κ1) is 10.7. The van der Waals surface area contributed by atoms with Crippen LogP contribution in [0.3, 0.4) is 0 Å². The Balaban J connectivity index is 2.81. The van der Waals surface area contributed by atoms with E-state index < -0.39 is 12.0 Å². The second-order valence-electron chi connectivity index (χ2n) is 3.25. The summed E-state index contributed by atoms with van der Waals surface area (Å²) in [6.45, 7) is 5.15. The molecule has 1 aromatic carbocycles. The zero-order valence-electron chi connectivity index (χ0n) is 8.18. The molecule has 0 unspecified atom stereocenters. The molecule has 0 radical (unpaired) electrons. The van der Waals surface area contributed by atoms with E-state index in [9.17, 15) is 9.90 Å². The third kappa shape index (κ3) is 2.30. The van der Waals surface area contributed by atoms with E-state index in [2.05, 4.69) is 6.58 Å². The van der Waals surface area contributed by atoms with Gasteiger partial charge in [0.15, 0.2) is 5.78 Å². The molecule has 0 spiro atoms. The van der Waals surface area contributed by atoms with Gasteiger partial charge in [0.1, 0.15) is 0 Å². The molecule has 0 fully saturated rings. The summed E-state index contributed by atoms with van der Waals surface area (Å²) >= 11 is 0. The quantitative estimate of drug-likeness (QED) is 0.582. The van der Waals surface area contributed by atoms with Crippen molar-refractivity contribution in [1.82, 2.24) is 0 Å². The lowest BCUT2D eigenvalue weighted by Gasteiger charge is -2.13. The van der Waals surface area contributed by atoms with Gasteiger partial charge in [0.2, 0.25) is 0 Å². The molecule has 1 N–H and O–H groups in total. The van der Waals surface area contributed by atoms with Gasteiger partial charge >= 0.3 is 0 Å². The van der Waals surface area contributed by atoms with E-state index in [1.54, 1.807) is 31.2 Å². The molecule has 2 atom stereocenters. The Labute approximate surface area is 83.9 Å². The second kappa shape index (κ2) is 4.72. The summed E-state index contributed by atoms with van der Waals surface area (Å²) in [4.78, 5) is 11.7. The predicted molar refractivity (Wildman–Crippen MR) is 56.1 cm³/mol. The van der Waals surface area contributed by atoms with E-state index in [4.69, 9.17) is 0 Å². The van der Waals surface area contributed by atoms with Crippen molar-refractivity contribution in [3.8, 4) is 0 Å². The first-order valence-corrected chi connectivity index (χ1v) is 4.56. The van der Waals surface area contributed by atoms with Crippen molar-refractivity contribution in [3.05, 3.63) is 48.6 Å². The van der Waals surface area contributed by atoms with Crippen LogP contribution in [0.4, 0.5) is 0 Å². The van der Waals surface area contributed by atoms with Crippen LogP contribution in [0.5, 0.6) is 0 Å². The van der Waals surface area contributed by atoms with Crippen LogP contribution in [-0.2, 0) is 0 Å². The fraction of sp³-hybridized carbons (Fsp3) is 0.250. The number of rotatable bonds is 4. The normalized spacial score (nSPS) is 14.4. The SMILES string of the molecule is C=C[C@@H](O)[C@H](C)C(=O)c1ccccc1. The summed E-state index contributed by atoms with van der Waals surface area (Å²) in [7, 11) is 0. The second-order valence-corrected chi connectivity index (χ2v) is 3.25. The zero-order valence-corrected chi connectivity index (χ0v) is 8.18. The number of hydrogen-bond acceptors (Lipinski definition) is 2. The maximum atomic E-state index is 11.7. The maximum Gasteiger partial charge on any atom is 0.168 e. The monoisotopic (exact) mass is 190 g/mol. The average Bonchev–Trinajstić information content (AvgIpc) is 2.27. The molecule has 0 aliphatic rings. The van der Waals surface area contributed by atoms with Gasteiger partial charge in [-0.2, -0.15) is 0 Å². The largest absolute Gasteiger partial charge is 0.388 e. The van der Waals surface area contributed by atoms with Crippen LogP contribution in [0.2, 0.25) is 0 Å². The molecule has 2 heteroatoms. The molecule has 1 aromatic rings. The molecule has 2 nitrogen and oxygen atoms in total. The number of carbonyl (C=O) groups is 1. The molecule has 0 aliphatic heterocycles. The molecular formula is C12H14O2. The minimum absolute atomic E-state index is 0.0574. The van der Waals surface area contributed by atoms with E-state index >= 15 is 0 Å². The van der Waals surface area contributed by atoms with Crippen molar-refractivity contribution in [2.24, 2.45) is 5.92 Å². The zero-order chi connectivity index (χ0) is 10.6. The first-order chi connectivity index (χ1) is 6.66. The van der Waals surface area contributed by atoms with Crippen LogP contribution in [0.1, 0.15) is 17.3 Å². The third-order valence-corrected chi connectivity index (χ3v) is 2.23. The molecule has 0 aliphatic carbocycles. The molecule has 0 bridgehead atoms. The fourth-order valence-electron chi connectivity index (χ4n) is 1.22. The number of benzene rings is 1. The standard InChI is InChI=1S/C12H14O2/c1-3-11(13)9(2)12(14)10-7-5-4-6-8-10/h3-9,11,13H,1H2,2H3/t9-,11+/m0/s1. The molecule has 0 heterocycles. The van der Waals surface area contributed by atoms with Crippen molar-refractivity contribution in [1.29, 1.82) is 0 Å². The molecule has 74 valence electrons. The van der Waals surface area contributed by atoms with Crippen molar-refractivity contribution < 1.29 is 9.90 Å². The Kier molecular flexibility index (Phi) is 3.60. The van der Waals surface area contributed by atoms with E-state index in [-0.39, 0.29) is 5.78 Å². The third-order valence-electron chi connectivity index (χ3n) is 2.23. The maximum absolute atomic E-state index is 11.7. The van der Waals surface area contributed by atoms with Gasteiger partial charge in [-0.15, -0.1) is 6.58 Å². The number of Topliss-reactive ketones (excluding diaryl/α,β-unsaturated/α-hetero) is 1. The lowest BCUT2D eigenvalue weighted by Crippen LogP contribution is -2.23. The minimum Gasteiger partial charge on any atom is -0.388 e. The Morgan fingerprint density at radius 1 is 1.43 bits per heavy atom. The van der Waals surface area contributed by atoms with Gasteiger partial charge in [-0.1, -0.05) is 43.3 Å². The van der Waals surface area contributed by atoms with Crippen LogP contribution < -0.4 is 0 Å². The number of aliphatic hydroxyl groups is 1. The Hall–Kier alpha value is -1.41. The summed E-state index contributed by atoms with van der Waals surface area (Å²) in [6.07, 6.45) is 0.605. The minimum atomic E-state index is -0.775. The number of ketones is 1. The lowest BCUT2D eigenvalue weighted by atomic mass is 9.94. The van der Waals surface area contributed by atoms with E-state index in [1.807, 2.05) is 6.07 Å². The highest BCUT2D eigenvalue weighted by atomic mass is 16.3.